The fourth-order valence-electron chi connectivity index (χ4n) is 1.64. The van der Waals surface area contributed by atoms with Crippen molar-refractivity contribution < 1.29 is 12.6 Å². The van der Waals surface area contributed by atoms with Gasteiger partial charge in [0.2, 0.25) is 0 Å². The minimum atomic E-state index is -3.31. The Morgan fingerprint density at radius 1 is 1.29 bits per heavy atom. The number of rotatable bonds is 5. The van der Waals surface area contributed by atoms with Gasteiger partial charge in [-0.3, -0.25) is 4.18 Å². The van der Waals surface area contributed by atoms with Gasteiger partial charge in [0.1, 0.15) is 0 Å². The molecule has 0 unspecified atom stereocenters. The molecule has 0 aromatic rings. The Balaban J connectivity index is 2.36. The van der Waals surface area contributed by atoms with E-state index in [0.717, 1.165) is 25.7 Å². The third kappa shape index (κ3) is 4.24. The first-order valence-electron chi connectivity index (χ1n) is 5.16. The molecule has 0 bridgehead atoms. The average molecular weight is 218 g/mol. The Morgan fingerprint density at radius 2 is 1.93 bits per heavy atom. The van der Waals surface area contributed by atoms with Crippen LogP contribution in [0.4, 0.5) is 0 Å². The van der Waals surface area contributed by atoms with Crippen molar-refractivity contribution in [1.29, 1.82) is 0 Å². The maximum atomic E-state index is 11.4. The largest absolute Gasteiger partial charge is 0.267 e. The van der Waals surface area contributed by atoms with Crippen LogP contribution in [-0.2, 0) is 14.3 Å². The predicted molar refractivity (Wildman–Crippen MR) is 56.6 cm³/mol. The molecule has 3 nitrogen and oxygen atoms in total. The quantitative estimate of drug-likeness (QED) is 0.525. The van der Waals surface area contributed by atoms with Crippen LogP contribution in [0, 0.1) is 0 Å². The van der Waals surface area contributed by atoms with Crippen LogP contribution in [-0.4, -0.2) is 20.3 Å². The minimum Gasteiger partial charge on any atom is -0.267 e. The highest BCUT2D eigenvalue weighted by molar-refractivity contribution is 7.86. The molecule has 0 spiro atoms. The van der Waals surface area contributed by atoms with Gasteiger partial charge in [-0.25, -0.2) is 0 Å². The Labute approximate surface area is 86.3 Å². The van der Waals surface area contributed by atoms with Crippen molar-refractivity contribution in [2.45, 2.75) is 44.6 Å². The van der Waals surface area contributed by atoms with E-state index in [1.165, 1.54) is 6.42 Å². The predicted octanol–water partition coefficient (Wildman–Crippen LogP) is 2.24. The van der Waals surface area contributed by atoms with Crippen molar-refractivity contribution in [1.82, 2.24) is 0 Å². The molecule has 4 heteroatoms. The lowest BCUT2D eigenvalue weighted by Gasteiger charge is -2.21. The van der Waals surface area contributed by atoms with Crippen LogP contribution in [0.15, 0.2) is 12.7 Å². The Hall–Kier alpha value is -0.350. The fraction of sp³-hybridized carbons (Fsp3) is 0.800. The standard InChI is InChI=1S/C10H18O3S/c1-2-3-9-14(11,12)13-10-7-5-4-6-8-10/h2,10H,1,3-9H2. The molecule has 1 saturated carbocycles. The van der Waals surface area contributed by atoms with E-state index in [-0.39, 0.29) is 11.9 Å². The minimum absolute atomic E-state index is 0.0625. The summed E-state index contributed by atoms with van der Waals surface area (Å²) in [5.41, 5.74) is 0. The molecular weight excluding hydrogens is 200 g/mol. The molecule has 0 aromatic heterocycles. The molecular formula is C10H18O3S. The summed E-state index contributed by atoms with van der Waals surface area (Å²) in [7, 11) is -3.31. The fourth-order valence-corrected chi connectivity index (χ4v) is 2.80. The topological polar surface area (TPSA) is 43.4 Å². The third-order valence-electron chi connectivity index (χ3n) is 2.41. The van der Waals surface area contributed by atoms with E-state index >= 15 is 0 Å². The molecule has 0 heterocycles. The summed E-state index contributed by atoms with van der Waals surface area (Å²) in [4.78, 5) is 0. The molecule has 0 atom stereocenters. The zero-order valence-corrected chi connectivity index (χ0v) is 9.26. The highest BCUT2D eigenvalue weighted by Gasteiger charge is 2.20. The molecule has 14 heavy (non-hydrogen) atoms. The lowest BCUT2D eigenvalue weighted by molar-refractivity contribution is 0.162. The van der Waals surface area contributed by atoms with Gasteiger partial charge in [0.05, 0.1) is 11.9 Å². The molecule has 0 aliphatic heterocycles. The zero-order valence-electron chi connectivity index (χ0n) is 8.44. The Bertz CT molecular complexity index is 263. The molecule has 1 aliphatic rings. The first-order chi connectivity index (χ1) is 6.64. The molecule has 0 amide bonds. The Morgan fingerprint density at radius 3 is 2.50 bits per heavy atom. The lowest BCUT2D eigenvalue weighted by Crippen LogP contribution is -2.22. The lowest BCUT2D eigenvalue weighted by atomic mass is 9.98. The monoisotopic (exact) mass is 218 g/mol. The molecule has 0 N–H and O–H groups in total. The summed E-state index contributed by atoms with van der Waals surface area (Å²) in [6.07, 6.45) is 7.13. The number of hydrogen-bond donors (Lipinski definition) is 0. The van der Waals surface area contributed by atoms with Crippen molar-refractivity contribution in [2.24, 2.45) is 0 Å². The SMILES string of the molecule is C=CCCS(=O)(=O)OC1CCCCC1. The summed E-state index contributed by atoms with van der Waals surface area (Å²) < 4.78 is 27.9. The van der Waals surface area contributed by atoms with Gasteiger partial charge < -0.3 is 0 Å². The molecule has 0 aromatic carbocycles. The van der Waals surface area contributed by atoms with Crippen LogP contribution >= 0.6 is 0 Å². The Kier molecular flexibility index (Phi) is 4.62. The molecule has 0 saturated heterocycles. The van der Waals surface area contributed by atoms with Gasteiger partial charge in [0, 0.05) is 0 Å². The van der Waals surface area contributed by atoms with Gasteiger partial charge in [-0.05, 0) is 19.3 Å². The van der Waals surface area contributed by atoms with E-state index in [0.29, 0.717) is 6.42 Å². The summed E-state index contributed by atoms with van der Waals surface area (Å²) in [5, 5.41) is 0. The van der Waals surface area contributed by atoms with Crippen LogP contribution in [0.2, 0.25) is 0 Å². The van der Waals surface area contributed by atoms with Crippen molar-refractivity contribution in [3.8, 4) is 0 Å². The molecule has 0 radical (unpaired) electrons. The van der Waals surface area contributed by atoms with Crippen molar-refractivity contribution in [3.63, 3.8) is 0 Å². The first kappa shape index (κ1) is 11.7. The van der Waals surface area contributed by atoms with Gasteiger partial charge in [-0.1, -0.05) is 25.3 Å². The summed E-state index contributed by atoms with van der Waals surface area (Å²) in [6, 6.07) is 0. The number of allylic oxidation sites excluding steroid dienone is 1. The second-order valence-electron chi connectivity index (χ2n) is 3.70. The highest BCUT2D eigenvalue weighted by Crippen LogP contribution is 2.22. The van der Waals surface area contributed by atoms with Gasteiger partial charge >= 0.3 is 0 Å². The van der Waals surface area contributed by atoms with E-state index in [1.807, 2.05) is 0 Å². The second-order valence-corrected chi connectivity index (χ2v) is 5.41. The maximum absolute atomic E-state index is 11.4. The average Bonchev–Trinajstić information content (AvgIpc) is 2.16. The van der Waals surface area contributed by atoms with E-state index in [9.17, 15) is 8.42 Å². The van der Waals surface area contributed by atoms with Crippen molar-refractivity contribution in [3.05, 3.63) is 12.7 Å². The third-order valence-corrected chi connectivity index (χ3v) is 3.71. The summed E-state index contributed by atoms with van der Waals surface area (Å²) in [6.45, 7) is 3.49. The van der Waals surface area contributed by atoms with E-state index in [2.05, 4.69) is 6.58 Å². The zero-order chi connectivity index (χ0) is 10.4. The molecule has 1 rings (SSSR count). The van der Waals surface area contributed by atoms with Gasteiger partial charge in [0.25, 0.3) is 10.1 Å². The second kappa shape index (κ2) is 5.51. The van der Waals surface area contributed by atoms with Crippen molar-refractivity contribution in [2.75, 3.05) is 5.75 Å². The van der Waals surface area contributed by atoms with Crippen molar-refractivity contribution >= 4 is 10.1 Å². The first-order valence-corrected chi connectivity index (χ1v) is 6.73. The van der Waals surface area contributed by atoms with Gasteiger partial charge in [0.15, 0.2) is 0 Å². The normalized spacial score (nSPS) is 19.4. The van der Waals surface area contributed by atoms with Crippen LogP contribution in [0.1, 0.15) is 38.5 Å². The number of hydrogen-bond acceptors (Lipinski definition) is 3. The van der Waals surface area contributed by atoms with Crippen LogP contribution in [0.5, 0.6) is 0 Å². The summed E-state index contributed by atoms with van der Waals surface area (Å²) >= 11 is 0. The smallest absolute Gasteiger partial charge is 0.267 e. The van der Waals surface area contributed by atoms with Gasteiger partial charge in [-0.2, -0.15) is 8.42 Å². The van der Waals surface area contributed by atoms with Crippen LogP contribution in [0.25, 0.3) is 0 Å². The van der Waals surface area contributed by atoms with E-state index in [1.54, 1.807) is 6.08 Å². The summed E-state index contributed by atoms with van der Waals surface area (Å²) in [5.74, 6) is 0.0625. The molecule has 82 valence electrons. The molecule has 1 fully saturated rings. The maximum Gasteiger partial charge on any atom is 0.267 e. The van der Waals surface area contributed by atoms with Crippen LogP contribution < -0.4 is 0 Å². The van der Waals surface area contributed by atoms with E-state index < -0.39 is 10.1 Å². The highest BCUT2D eigenvalue weighted by atomic mass is 32.2. The van der Waals surface area contributed by atoms with Gasteiger partial charge in [-0.15, -0.1) is 6.58 Å². The van der Waals surface area contributed by atoms with Crippen LogP contribution in [0.3, 0.4) is 0 Å². The molecule has 1 aliphatic carbocycles. The van der Waals surface area contributed by atoms with E-state index in [4.69, 9.17) is 4.18 Å².